The van der Waals surface area contributed by atoms with Crippen LogP contribution in [0.1, 0.15) is 60.5 Å². The highest BCUT2D eigenvalue weighted by molar-refractivity contribution is 9.10. The largest absolute Gasteiger partial charge is 0.490 e. The molecular formula is C27H28BrNO6S. The van der Waals surface area contributed by atoms with Crippen molar-refractivity contribution in [3.05, 3.63) is 62.5 Å². The van der Waals surface area contributed by atoms with Crippen molar-refractivity contribution in [3.8, 4) is 11.5 Å². The van der Waals surface area contributed by atoms with Crippen molar-refractivity contribution in [3.63, 3.8) is 0 Å². The Balaban J connectivity index is 1.52. The summed E-state index contributed by atoms with van der Waals surface area (Å²) in [5.41, 5.74) is 1.60. The maximum absolute atomic E-state index is 13.0. The molecule has 2 aliphatic rings. The Bertz CT molecular complexity index is 1190. The first kappa shape index (κ1) is 26.3. The maximum atomic E-state index is 13.0. The molecular weight excluding hydrogens is 546 g/mol. The summed E-state index contributed by atoms with van der Waals surface area (Å²) in [5, 5.41) is 8.99. The lowest BCUT2D eigenvalue weighted by Crippen LogP contribution is -2.34. The maximum Gasteiger partial charge on any atom is 0.335 e. The van der Waals surface area contributed by atoms with Crippen molar-refractivity contribution in [2.24, 2.45) is 5.92 Å². The van der Waals surface area contributed by atoms with Crippen LogP contribution in [-0.2, 0) is 11.4 Å². The van der Waals surface area contributed by atoms with E-state index >= 15 is 0 Å². The second-order valence-electron chi connectivity index (χ2n) is 8.85. The standard InChI is InChI=1S/C27H28BrNO6S/c1-2-34-22-13-19(12-21(28)24(22)35-16-18-9-6-10-20(11-18)26(31)32)14-23-25(30)29(27(33)36-23)15-17-7-4-3-5-8-17/h6,9-14,17H,2-5,7-8,15-16H2,1H3,(H,31,32)/b23-14+. The van der Waals surface area contributed by atoms with E-state index in [9.17, 15) is 19.5 Å². The highest BCUT2D eigenvalue weighted by Crippen LogP contribution is 2.40. The van der Waals surface area contributed by atoms with E-state index in [2.05, 4.69) is 15.9 Å². The fourth-order valence-electron chi connectivity index (χ4n) is 4.46. The number of aromatic carboxylic acids is 1. The van der Waals surface area contributed by atoms with E-state index < -0.39 is 5.97 Å². The molecule has 9 heteroatoms. The molecule has 36 heavy (non-hydrogen) atoms. The summed E-state index contributed by atoms with van der Waals surface area (Å²) in [7, 11) is 0. The van der Waals surface area contributed by atoms with Gasteiger partial charge in [0.1, 0.15) is 6.61 Å². The van der Waals surface area contributed by atoms with Crippen LogP contribution < -0.4 is 9.47 Å². The van der Waals surface area contributed by atoms with Crippen molar-refractivity contribution in [2.45, 2.75) is 45.6 Å². The molecule has 0 radical (unpaired) electrons. The number of thioether (sulfide) groups is 1. The van der Waals surface area contributed by atoms with Crippen molar-refractivity contribution in [1.29, 1.82) is 0 Å². The van der Waals surface area contributed by atoms with Gasteiger partial charge in [-0.3, -0.25) is 14.5 Å². The van der Waals surface area contributed by atoms with Gasteiger partial charge in [0.15, 0.2) is 11.5 Å². The monoisotopic (exact) mass is 573 g/mol. The Morgan fingerprint density at radius 3 is 2.67 bits per heavy atom. The minimum atomic E-state index is -0.999. The summed E-state index contributed by atoms with van der Waals surface area (Å²) in [5.74, 6) is 0.0934. The molecule has 0 bridgehead atoms. The third-order valence-corrected chi connectivity index (χ3v) is 7.72. The van der Waals surface area contributed by atoms with Gasteiger partial charge in [-0.05, 0) is 94.8 Å². The summed E-state index contributed by atoms with van der Waals surface area (Å²) in [4.78, 5) is 38.6. The third-order valence-electron chi connectivity index (χ3n) is 6.23. The SMILES string of the molecule is CCOc1cc(/C=C2/SC(=O)N(CC3CCCCC3)C2=O)cc(Br)c1OCc1cccc(C(=O)O)c1. The Hall–Kier alpha value is -2.78. The van der Waals surface area contributed by atoms with Gasteiger partial charge in [-0.25, -0.2) is 4.79 Å². The molecule has 1 heterocycles. The Morgan fingerprint density at radius 1 is 1.17 bits per heavy atom. The van der Waals surface area contributed by atoms with E-state index in [1.54, 1.807) is 36.4 Å². The smallest absolute Gasteiger partial charge is 0.335 e. The van der Waals surface area contributed by atoms with E-state index in [1.807, 2.05) is 6.92 Å². The minimum Gasteiger partial charge on any atom is -0.490 e. The van der Waals surface area contributed by atoms with Gasteiger partial charge in [0.05, 0.1) is 21.5 Å². The second-order valence-corrected chi connectivity index (χ2v) is 10.7. The molecule has 1 aliphatic heterocycles. The molecule has 7 nitrogen and oxygen atoms in total. The van der Waals surface area contributed by atoms with Crippen LogP contribution in [0.3, 0.4) is 0 Å². The molecule has 1 N–H and O–H groups in total. The topological polar surface area (TPSA) is 93.1 Å². The number of hydrogen-bond donors (Lipinski definition) is 1. The van der Waals surface area contributed by atoms with Crippen LogP contribution in [0.15, 0.2) is 45.8 Å². The van der Waals surface area contributed by atoms with Crippen molar-refractivity contribution in [1.82, 2.24) is 4.90 Å². The molecule has 0 spiro atoms. The molecule has 1 saturated heterocycles. The highest BCUT2D eigenvalue weighted by Gasteiger charge is 2.36. The normalized spacial score (nSPS) is 17.6. The Labute approximate surface area is 223 Å². The fourth-order valence-corrected chi connectivity index (χ4v) is 5.88. The number of amides is 2. The Kier molecular flexibility index (Phi) is 8.74. The first-order chi connectivity index (χ1) is 17.4. The van der Waals surface area contributed by atoms with Gasteiger partial charge in [0.2, 0.25) is 0 Å². The van der Waals surface area contributed by atoms with Crippen LogP contribution in [0.4, 0.5) is 4.79 Å². The van der Waals surface area contributed by atoms with E-state index in [0.29, 0.717) is 51.1 Å². The lowest BCUT2D eigenvalue weighted by molar-refractivity contribution is -0.123. The van der Waals surface area contributed by atoms with Crippen LogP contribution in [-0.4, -0.2) is 40.3 Å². The zero-order valence-corrected chi connectivity index (χ0v) is 22.4. The lowest BCUT2D eigenvalue weighted by atomic mass is 9.89. The van der Waals surface area contributed by atoms with Gasteiger partial charge < -0.3 is 14.6 Å². The molecule has 4 rings (SSSR count). The predicted octanol–water partition coefficient (Wildman–Crippen LogP) is 6.74. The summed E-state index contributed by atoms with van der Waals surface area (Å²) < 4.78 is 12.4. The molecule has 190 valence electrons. The number of imide groups is 1. The molecule has 0 unspecified atom stereocenters. The number of carboxylic acid groups (broad SMARTS) is 1. The van der Waals surface area contributed by atoms with E-state index in [4.69, 9.17) is 9.47 Å². The fraction of sp³-hybridized carbons (Fsp3) is 0.370. The zero-order chi connectivity index (χ0) is 25.7. The molecule has 2 aromatic rings. The number of ether oxygens (including phenoxy) is 2. The average molecular weight is 574 g/mol. The van der Waals surface area contributed by atoms with Gasteiger partial charge in [-0.2, -0.15) is 0 Å². The third kappa shape index (κ3) is 6.31. The summed E-state index contributed by atoms with van der Waals surface area (Å²) in [6.45, 7) is 2.90. The Morgan fingerprint density at radius 2 is 1.94 bits per heavy atom. The van der Waals surface area contributed by atoms with Gasteiger partial charge in [0.25, 0.3) is 11.1 Å². The van der Waals surface area contributed by atoms with Crippen LogP contribution in [0.2, 0.25) is 0 Å². The number of hydrogen-bond acceptors (Lipinski definition) is 6. The van der Waals surface area contributed by atoms with Gasteiger partial charge >= 0.3 is 5.97 Å². The number of halogens is 1. The molecule has 0 atom stereocenters. The van der Waals surface area contributed by atoms with Gasteiger partial charge in [-0.1, -0.05) is 31.4 Å². The number of carbonyl (C=O) groups is 3. The summed E-state index contributed by atoms with van der Waals surface area (Å²) in [6, 6.07) is 10.1. The van der Waals surface area contributed by atoms with Crippen molar-refractivity contribution in [2.75, 3.05) is 13.2 Å². The van der Waals surface area contributed by atoms with Crippen molar-refractivity contribution >= 4 is 50.9 Å². The number of carbonyl (C=O) groups excluding carboxylic acids is 2. The second kappa shape index (κ2) is 12.0. The number of carboxylic acids is 1. The van der Waals surface area contributed by atoms with Gasteiger partial charge in [-0.15, -0.1) is 0 Å². The van der Waals surface area contributed by atoms with Crippen LogP contribution >= 0.6 is 27.7 Å². The molecule has 2 fully saturated rings. The molecule has 2 amide bonds. The first-order valence-electron chi connectivity index (χ1n) is 12.0. The zero-order valence-electron chi connectivity index (χ0n) is 20.0. The average Bonchev–Trinajstić information content (AvgIpc) is 3.12. The predicted molar refractivity (Wildman–Crippen MR) is 142 cm³/mol. The minimum absolute atomic E-state index is 0.152. The van der Waals surface area contributed by atoms with Gasteiger partial charge in [0, 0.05) is 6.54 Å². The quantitative estimate of drug-likeness (QED) is 0.332. The van der Waals surface area contributed by atoms with E-state index in [-0.39, 0.29) is 23.3 Å². The number of nitrogens with zero attached hydrogens (tertiary/aromatic N) is 1. The molecule has 1 aliphatic carbocycles. The summed E-state index contributed by atoms with van der Waals surface area (Å²) in [6.07, 6.45) is 7.37. The van der Waals surface area contributed by atoms with E-state index in [0.717, 1.165) is 37.4 Å². The molecule has 1 saturated carbocycles. The van der Waals surface area contributed by atoms with Crippen LogP contribution in [0, 0.1) is 5.92 Å². The molecule has 0 aromatic heterocycles. The number of rotatable bonds is 9. The molecule has 2 aromatic carbocycles. The highest BCUT2D eigenvalue weighted by atomic mass is 79.9. The number of benzene rings is 2. The van der Waals surface area contributed by atoms with E-state index in [1.165, 1.54) is 17.4 Å². The van der Waals surface area contributed by atoms with Crippen LogP contribution in [0.25, 0.3) is 6.08 Å². The van der Waals surface area contributed by atoms with Crippen molar-refractivity contribution < 1.29 is 29.0 Å². The summed E-state index contributed by atoms with van der Waals surface area (Å²) >= 11 is 4.50. The van der Waals surface area contributed by atoms with Crippen LogP contribution in [0.5, 0.6) is 11.5 Å². The first-order valence-corrected chi connectivity index (χ1v) is 13.6. The lowest BCUT2D eigenvalue weighted by Gasteiger charge is -2.25.